The van der Waals surface area contributed by atoms with Crippen molar-refractivity contribution in [3.05, 3.63) is 52.2 Å². The van der Waals surface area contributed by atoms with E-state index in [1.807, 2.05) is 13.8 Å². The molecule has 0 bridgehead atoms. The zero-order chi connectivity index (χ0) is 22.1. The number of carbonyl (C=O) groups is 1. The molecule has 1 saturated heterocycles. The number of aliphatic hydroxyl groups excluding tert-OH is 1. The molecule has 0 amide bonds. The second-order valence-electron chi connectivity index (χ2n) is 9.00. The van der Waals surface area contributed by atoms with E-state index in [4.69, 9.17) is 0 Å². The topological polar surface area (TPSA) is 114 Å². The highest BCUT2D eigenvalue weighted by Gasteiger charge is 2.47. The standard InChI is InChI=1S/C23H23N3O4S/c1-23(2)16-11-18(27)19(31(29,30)26-7-3-4-8-26)10-15(16)21(28)20-14-6-5-13(12-24)9-17(14)25-22(20)23/h5-6,9,11,19,25,28H,3-4,7-8,10H2,1-2H3. The Balaban J connectivity index is 1.70. The second-order valence-corrected chi connectivity index (χ2v) is 11.1. The number of nitrogens with one attached hydrogen (secondary N) is 1. The van der Waals surface area contributed by atoms with Gasteiger partial charge in [0.1, 0.15) is 11.0 Å². The largest absolute Gasteiger partial charge is 0.507 e. The first kappa shape index (κ1) is 20.0. The van der Waals surface area contributed by atoms with Gasteiger partial charge in [-0.25, -0.2) is 12.7 Å². The Labute approximate surface area is 180 Å². The number of benzene rings is 1. The molecule has 2 heterocycles. The molecule has 8 heteroatoms. The van der Waals surface area contributed by atoms with E-state index in [1.165, 1.54) is 10.4 Å². The molecule has 7 nitrogen and oxygen atoms in total. The second kappa shape index (κ2) is 6.55. The Morgan fingerprint density at radius 2 is 1.97 bits per heavy atom. The number of aliphatic hydroxyl groups is 1. The SMILES string of the molecule is CC1(C)C2=CC(=O)C(S(=O)(=O)N3CCCC3)CC2=C(O)c2c1[nH]c1cc(C#N)ccc21. The van der Waals surface area contributed by atoms with E-state index in [-0.39, 0.29) is 12.2 Å². The van der Waals surface area contributed by atoms with Crippen LogP contribution in [-0.4, -0.2) is 46.9 Å². The molecule has 1 aliphatic heterocycles. The van der Waals surface area contributed by atoms with Crippen LogP contribution in [-0.2, 0) is 20.2 Å². The molecule has 1 fully saturated rings. The number of nitriles is 1. The van der Waals surface area contributed by atoms with E-state index in [0.29, 0.717) is 35.4 Å². The molecule has 0 saturated carbocycles. The van der Waals surface area contributed by atoms with Gasteiger partial charge in [-0.3, -0.25) is 4.79 Å². The number of hydrogen-bond acceptors (Lipinski definition) is 5. The summed E-state index contributed by atoms with van der Waals surface area (Å²) >= 11 is 0. The van der Waals surface area contributed by atoms with E-state index < -0.39 is 26.5 Å². The fourth-order valence-corrected chi connectivity index (χ4v) is 7.01. The molecule has 1 aromatic carbocycles. The summed E-state index contributed by atoms with van der Waals surface area (Å²) in [4.78, 5) is 16.3. The van der Waals surface area contributed by atoms with Crippen LogP contribution in [0.3, 0.4) is 0 Å². The van der Waals surface area contributed by atoms with Crippen LogP contribution in [0.5, 0.6) is 0 Å². The lowest BCUT2D eigenvalue weighted by Crippen LogP contribution is -2.44. The van der Waals surface area contributed by atoms with Gasteiger partial charge in [0.15, 0.2) is 5.78 Å². The van der Waals surface area contributed by atoms with Gasteiger partial charge in [0.25, 0.3) is 0 Å². The minimum absolute atomic E-state index is 0.00524. The van der Waals surface area contributed by atoms with Gasteiger partial charge in [-0.15, -0.1) is 0 Å². The summed E-state index contributed by atoms with van der Waals surface area (Å²) in [5.41, 5.74) is 3.09. The quantitative estimate of drug-likeness (QED) is 0.748. The molecule has 5 rings (SSSR count). The first-order valence-corrected chi connectivity index (χ1v) is 11.9. The predicted molar refractivity (Wildman–Crippen MR) is 117 cm³/mol. The molecule has 1 atom stereocenters. The normalized spacial score (nSPS) is 23.5. The van der Waals surface area contributed by atoms with Crippen LogP contribution in [0, 0.1) is 11.3 Å². The van der Waals surface area contributed by atoms with Crippen LogP contribution in [0.2, 0.25) is 0 Å². The van der Waals surface area contributed by atoms with Gasteiger partial charge < -0.3 is 10.1 Å². The third-order valence-electron chi connectivity index (χ3n) is 6.85. The lowest BCUT2D eigenvalue weighted by molar-refractivity contribution is -0.114. The average Bonchev–Trinajstić information content (AvgIpc) is 3.40. The van der Waals surface area contributed by atoms with Crippen LogP contribution in [0.1, 0.15) is 49.9 Å². The fraction of sp³-hybridized carbons (Fsp3) is 0.391. The predicted octanol–water partition coefficient (Wildman–Crippen LogP) is 3.29. The fourth-order valence-electron chi connectivity index (χ4n) is 5.14. The van der Waals surface area contributed by atoms with Crippen molar-refractivity contribution in [2.45, 2.75) is 43.8 Å². The summed E-state index contributed by atoms with van der Waals surface area (Å²) in [6.45, 7) is 4.78. The number of H-pyrrole nitrogens is 1. The summed E-state index contributed by atoms with van der Waals surface area (Å²) in [5, 5.41) is 20.0. The maximum atomic E-state index is 13.2. The highest BCUT2D eigenvalue weighted by atomic mass is 32.2. The third-order valence-corrected chi connectivity index (χ3v) is 9.05. The number of carbonyl (C=O) groups excluding carboxylic acids is 1. The molecule has 3 aliphatic rings. The number of allylic oxidation sites excluding steroid dienone is 3. The molecule has 31 heavy (non-hydrogen) atoms. The number of sulfonamides is 1. The molecule has 2 aromatic rings. The monoisotopic (exact) mass is 437 g/mol. The van der Waals surface area contributed by atoms with E-state index >= 15 is 0 Å². The lowest BCUT2D eigenvalue weighted by atomic mass is 9.68. The molecular formula is C23H23N3O4S. The smallest absolute Gasteiger partial charge is 0.224 e. The van der Waals surface area contributed by atoms with Crippen molar-refractivity contribution in [2.24, 2.45) is 0 Å². The summed E-state index contributed by atoms with van der Waals surface area (Å²) in [6, 6.07) is 7.32. The highest BCUT2D eigenvalue weighted by molar-refractivity contribution is 7.90. The van der Waals surface area contributed by atoms with Crippen LogP contribution in [0.15, 0.2) is 35.4 Å². The first-order valence-electron chi connectivity index (χ1n) is 10.4. The molecule has 2 aliphatic carbocycles. The van der Waals surface area contributed by atoms with Gasteiger partial charge >= 0.3 is 0 Å². The molecular weight excluding hydrogens is 414 g/mol. The average molecular weight is 438 g/mol. The zero-order valence-corrected chi connectivity index (χ0v) is 18.2. The van der Waals surface area contributed by atoms with Crippen molar-refractivity contribution in [1.29, 1.82) is 5.26 Å². The molecule has 0 spiro atoms. The minimum Gasteiger partial charge on any atom is -0.507 e. The zero-order valence-electron chi connectivity index (χ0n) is 17.4. The van der Waals surface area contributed by atoms with Crippen molar-refractivity contribution < 1.29 is 18.3 Å². The maximum absolute atomic E-state index is 13.2. The van der Waals surface area contributed by atoms with Crippen molar-refractivity contribution in [3.8, 4) is 6.07 Å². The van der Waals surface area contributed by atoms with Gasteiger partial charge in [0, 0.05) is 52.7 Å². The van der Waals surface area contributed by atoms with Gasteiger partial charge in [0.05, 0.1) is 11.6 Å². The van der Waals surface area contributed by atoms with Crippen molar-refractivity contribution in [2.75, 3.05) is 13.1 Å². The number of aromatic amines is 1. The summed E-state index contributed by atoms with van der Waals surface area (Å²) in [7, 11) is -3.79. The van der Waals surface area contributed by atoms with Gasteiger partial charge in [0.2, 0.25) is 10.0 Å². The number of hydrogen-bond donors (Lipinski definition) is 2. The Kier molecular flexibility index (Phi) is 4.24. The Morgan fingerprint density at radius 3 is 2.65 bits per heavy atom. The maximum Gasteiger partial charge on any atom is 0.224 e. The molecule has 1 unspecified atom stereocenters. The van der Waals surface area contributed by atoms with Crippen LogP contribution >= 0.6 is 0 Å². The van der Waals surface area contributed by atoms with Crippen molar-refractivity contribution >= 4 is 32.5 Å². The molecule has 2 N–H and O–H groups in total. The lowest BCUT2D eigenvalue weighted by Gasteiger charge is -2.38. The van der Waals surface area contributed by atoms with Gasteiger partial charge in [-0.1, -0.05) is 19.9 Å². The summed E-state index contributed by atoms with van der Waals surface area (Å²) in [5.74, 6) is -0.427. The van der Waals surface area contributed by atoms with Crippen LogP contribution in [0.25, 0.3) is 16.7 Å². The molecule has 1 aromatic heterocycles. The molecule has 160 valence electrons. The third kappa shape index (κ3) is 2.73. The number of fused-ring (bicyclic) bond motifs is 4. The van der Waals surface area contributed by atoms with Crippen LogP contribution in [0.4, 0.5) is 0 Å². The van der Waals surface area contributed by atoms with Gasteiger partial charge in [-0.2, -0.15) is 5.26 Å². The van der Waals surface area contributed by atoms with E-state index in [0.717, 1.165) is 29.4 Å². The Hall–Kier alpha value is -2.89. The van der Waals surface area contributed by atoms with Gasteiger partial charge in [-0.05, 0) is 36.6 Å². The van der Waals surface area contributed by atoms with E-state index in [1.54, 1.807) is 18.2 Å². The number of aromatic nitrogens is 1. The Bertz CT molecular complexity index is 1350. The van der Waals surface area contributed by atoms with Crippen LogP contribution < -0.4 is 0 Å². The Morgan fingerprint density at radius 1 is 1.26 bits per heavy atom. The molecule has 0 radical (unpaired) electrons. The minimum atomic E-state index is -3.79. The summed E-state index contributed by atoms with van der Waals surface area (Å²) in [6.07, 6.45) is 2.96. The van der Waals surface area contributed by atoms with Crippen molar-refractivity contribution in [3.63, 3.8) is 0 Å². The van der Waals surface area contributed by atoms with Crippen molar-refractivity contribution in [1.82, 2.24) is 9.29 Å². The van der Waals surface area contributed by atoms with E-state index in [2.05, 4.69) is 11.1 Å². The number of nitrogens with zero attached hydrogens (tertiary/aromatic N) is 2. The number of rotatable bonds is 2. The first-order chi connectivity index (χ1) is 14.7. The number of ketones is 1. The highest BCUT2D eigenvalue weighted by Crippen LogP contribution is 2.50. The summed E-state index contributed by atoms with van der Waals surface area (Å²) < 4.78 is 27.7. The van der Waals surface area contributed by atoms with E-state index in [9.17, 15) is 23.6 Å².